The first-order valence-electron chi connectivity index (χ1n) is 4.22. The van der Waals surface area contributed by atoms with E-state index in [-0.39, 0.29) is 0 Å². The van der Waals surface area contributed by atoms with Gasteiger partial charge in [0.1, 0.15) is 6.33 Å². The molecule has 0 spiro atoms. The number of carbonyl (C=O) groups excluding carboxylic acids is 1. The van der Waals surface area contributed by atoms with Crippen LogP contribution in [-0.4, -0.2) is 21.2 Å². The highest BCUT2D eigenvalue weighted by molar-refractivity contribution is 5.75. The Balaban J connectivity index is 2.49. The van der Waals surface area contributed by atoms with Crippen LogP contribution in [0.2, 0.25) is 0 Å². The SMILES string of the molecule is Cc1ncncc1-c1ccc(C=O)[nH]1. The summed E-state index contributed by atoms with van der Waals surface area (Å²) >= 11 is 0. The third-order valence-corrected chi connectivity index (χ3v) is 2.04. The Hall–Kier alpha value is -1.97. The van der Waals surface area contributed by atoms with E-state index in [2.05, 4.69) is 15.0 Å². The number of aromatic nitrogens is 3. The summed E-state index contributed by atoms with van der Waals surface area (Å²) in [5, 5.41) is 0. The lowest BCUT2D eigenvalue weighted by atomic mass is 10.2. The number of aryl methyl sites for hydroxylation is 1. The van der Waals surface area contributed by atoms with Gasteiger partial charge in [-0.3, -0.25) is 4.79 Å². The smallest absolute Gasteiger partial charge is 0.166 e. The first-order valence-corrected chi connectivity index (χ1v) is 4.22. The molecular weight excluding hydrogens is 178 g/mol. The molecule has 0 unspecified atom stereocenters. The largest absolute Gasteiger partial charge is 0.352 e. The molecule has 0 aliphatic carbocycles. The zero-order valence-corrected chi connectivity index (χ0v) is 7.69. The fourth-order valence-electron chi connectivity index (χ4n) is 1.29. The molecule has 70 valence electrons. The van der Waals surface area contributed by atoms with Crippen LogP contribution in [-0.2, 0) is 0 Å². The minimum atomic E-state index is 0.559. The average Bonchev–Trinajstić information content (AvgIpc) is 2.67. The Morgan fingerprint density at radius 3 is 2.93 bits per heavy atom. The van der Waals surface area contributed by atoms with Gasteiger partial charge in [-0.1, -0.05) is 0 Å². The summed E-state index contributed by atoms with van der Waals surface area (Å²) in [5.74, 6) is 0. The highest BCUT2D eigenvalue weighted by atomic mass is 16.1. The molecule has 0 aliphatic rings. The molecule has 0 saturated heterocycles. The van der Waals surface area contributed by atoms with Gasteiger partial charge in [0.05, 0.1) is 5.69 Å². The van der Waals surface area contributed by atoms with Gasteiger partial charge >= 0.3 is 0 Å². The van der Waals surface area contributed by atoms with E-state index < -0.39 is 0 Å². The Morgan fingerprint density at radius 1 is 1.43 bits per heavy atom. The molecule has 0 bridgehead atoms. The van der Waals surface area contributed by atoms with E-state index in [0.717, 1.165) is 23.2 Å². The van der Waals surface area contributed by atoms with Crippen molar-refractivity contribution in [2.24, 2.45) is 0 Å². The Bertz CT molecular complexity index is 462. The predicted molar refractivity (Wildman–Crippen MR) is 51.9 cm³/mol. The normalized spacial score (nSPS) is 10.1. The van der Waals surface area contributed by atoms with E-state index in [1.807, 2.05) is 13.0 Å². The predicted octanol–water partition coefficient (Wildman–Crippen LogP) is 1.59. The third kappa shape index (κ3) is 1.42. The molecule has 0 aromatic carbocycles. The van der Waals surface area contributed by atoms with Crippen molar-refractivity contribution in [3.8, 4) is 11.3 Å². The van der Waals surface area contributed by atoms with E-state index in [1.165, 1.54) is 6.33 Å². The van der Waals surface area contributed by atoms with Crippen molar-refractivity contribution in [1.82, 2.24) is 15.0 Å². The van der Waals surface area contributed by atoms with Crippen LogP contribution in [0.15, 0.2) is 24.7 Å². The summed E-state index contributed by atoms with van der Waals surface area (Å²) in [7, 11) is 0. The van der Waals surface area contributed by atoms with Crippen molar-refractivity contribution in [1.29, 1.82) is 0 Å². The zero-order valence-electron chi connectivity index (χ0n) is 7.69. The molecule has 2 rings (SSSR count). The van der Waals surface area contributed by atoms with Crippen LogP contribution in [0.3, 0.4) is 0 Å². The lowest BCUT2D eigenvalue weighted by Crippen LogP contribution is -1.89. The summed E-state index contributed by atoms with van der Waals surface area (Å²) in [6, 6.07) is 3.57. The van der Waals surface area contributed by atoms with E-state index in [9.17, 15) is 4.79 Å². The number of aldehydes is 1. The van der Waals surface area contributed by atoms with Gasteiger partial charge in [-0.15, -0.1) is 0 Å². The van der Waals surface area contributed by atoms with Crippen LogP contribution in [0.5, 0.6) is 0 Å². The lowest BCUT2D eigenvalue weighted by molar-refractivity contribution is 0.111. The van der Waals surface area contributed by atoms with E-state index in [0.29, 0.717) is 5.69 Å². The number of carbonyl (C=O) groups is 1. The minimum absolute atomic E-state index is 0.559. The second-order valence-electron chi connectivity index (χ2n) is 2.97. The van der Waals surface area contributed by atoms with Gasteiger partial charge in [-0.25, -0.2) is 9.97 Å². The van der Waals surface area contributed by atoms with Crippen LogP contribution in [0.25, 0.3) is 11.3 Å². The molecule has 0 amide bonds. The van der Waals surface area contributed by atoms with Crippen molar-refractivity contribution in [2.45, 2.75) is 6.92 Å². The van der Waals surface area contributed by atoms with E-state index >= 15 is 0 Å². The monoisotopic (exact) mass is 187 g/mol. The van der Waals surface area contributed by atoms with Gasteiger partial charge < -0.3 is 4.98 Å². The molecule has 2 aromatic rings. The van der Waals surface area contributed by atoms with Crippen LogP contribution >= 0.6 is 0 Å². The summed E-state index contributed by atoms with van der Waals surface area (Å²) in [5.41, 5.74) is 3.23. The molecular formula is C10H9N3O. The number of rotatable bonds is 2. The number of hydrogen-bond acceptors (Lipinski definition) is 3. The van der Waals surface area contributed by atoms with Crippen LogP contribution in [0.1, 0.15) is 16.2 Å². The molecule has 2 aromatic heterocycles. The van der Waals surface area contributed by atoms with Crippen LogP contribution in [0, 0.1) is 6.92 Å². The Kier molecular flexibility index (Phi) is 2.10. The van der Waals surface area contributed by atoms with Gasteiger partial charge in [0, 0.05) is 23.1 Å². The van der Waals surface area contributed by atoms with Gasteiger partial charge in [-0.05, 0) is 19.1 Å². The van der Waals surface area contributed by atoms with Gasteiger partial charge in [0.25, 0.3) is 0 Å². The van der Waals surface area contributed by atoms with Gasteiger partial charge in [0.2, 0.25) is 0 Å². The number of H-pyrrole nitrogens is 1. The zero-order chi connectivity index (χ0) is 9.97. The maximum absolute atomic E-state index is 10.5. The van der Waals surface area contributed by atoms with E-state index in [4.69, 9.17) is 0 Å². The molecule has 1 N–H and O–H groups in total. The lowest BCUT2D eigenvalue weighted by Gasteiger charge is -1.99. The van der Waals surface area contributed by atoms with Crippen LogP contribution in [0.4, 0.5) is 0 Å². The van der Waals surface area contributed by atoms with Gasteiger partial charge in [-0.2, -0.15) is 0 Å². The maximum atomic E-state index is 10.5. The van der Waals surface area contributed by atoms with Gasteiger partial charge in [0.15, 0.2) is 6.29 Å². The van der Waals surface area contributed by atoms with Crippen molar-refractivity contribution in [3.05, 3.63) is 36.0 Å². The molecule has 0 radical (unpaired) electrons. The average molecular weight is 187 g/mol. The standard InChI is InChI=1S/C10H9N3O/c1-7-9(4-11-6-12-7)10-3-2-8(5-14)13-10/h2-6,13H,1H3. The highest BCUT2D eigenvalue weighted by Gasteiger charge is 2.04. The summed E-state index contributed by atoms with van der Waals surface area (Å²) in [6.07, 6.45) is 4.01. The molecule has 0 aliphatic heterocycles. The summed E-state index contributed by atoms with van der Waals surface area (Å²) < 4.78 is 0. The van der Waals surface area contributed by atoms with Crippen LogP contribution < -0.4 is 0 Å². The van der Waals surface area contributed by atoms with Crippen molar-refractivity contribution < 1.29 is 4.79 Å². The molecule has 4 heteroatoms. The number of nitrogens with one attached hydrogen (secondary N) is 1. The number of nitrogens with zero attached hydrogens (tertiary/aromatic N) is 2. The molecule has 14 heavy (non-hydrogen) atoms. The Morgan fingerprint density at radius 2 is 2.29 bits per heavy atom. The topological polar surface area (TPSA) is 58.6 Å². The fraction of sp³-hybridized carbons (Fsp3) is 0.100. The van der Waals surface area contributed by atoms with Crippen molar-refractivity contribution >= 4 is 6.29 Å². The third-order valence-electron chi connectivity index (χ3n) is 2.04. The quantitative estimate of drug-likeness (QED) is 0.726. The highest BCUT2D eigenvalue weighted by Crippen LogP contribution is 2.19. The van der Waals surface area contributed by atoms with Crippen molar-refractivity contribution in [2.75, 3.05) is 0 Å². The molecule has 0 fully saturated rings. The maximum Gasteiger partial charge on any atom is 0.166 e. The minimum Gasteiger partial charge on any atom is -0.352 e. The number of hydrogen-bond donors (Lipinski definition) is 1. The molecule has 0 atom stereocenters. The van der Waals surface area contributed by atoms with Crippen molar-refractivity contribution in [3.63, 3.8) is 0 Å². The number of aromatic amines is 1. The van der Waals surface area contributed by atoms with E-state index in [1.54, 1.807) is 12.3 Å². The molecule has 0 saturated carbocycles. The fourth-order valence-corrected chi connectivity index (χ4v) is 1.29. The summed E-state index contributed by atoms with van der Waals surface area (Å²) in [6.45, 7) is 1.90. The second-order valence-corrected chi connectivity index (χ2v) is 2.97. The Labute approximate surface area is 81.0 Å². The second kappa shape index (κ2) is 3.41. The molecule has 2 heterocycles. The first kappa shape index (κ1) is 8.62. The summed E-state index contributed by atoms with van der Waals surface area (Å²) in [4.78, 5) is 21.5. The first-order chi connectivity index (χ1) is 6.81. The molecule has 4 nitrogen and oxygen atoms in total.